The van der Waals surface area contributed by atoms with Gasteiger partial charge in [-0.1, -0.05) is 12.1 Å². The van der Waals surface area contributed by atoms with E-state index in [4.69, 9.17) is 0 Å². The van der Waals surface area contributed by atoms with Crippen molar-refractivity contribution in [3.05, 3.63) is 36.4 Å². The monoisotopic (exact) mass is 203 g/mol. The minimum absolute atomic E-state index is 0.243. The van der Waals surface area contributed by atoms with Crippen LogP contribution in [0.3, 0.4) is 0 Å². The second kappa shape index (κ2) is 3.15. The molecule has 0 bridgehead atoms. The first kappa shape index (κ1) is 8.59. The number of nitrogens with zero attached hydrogens (tertiary/aromatic N) is 3. The van der Waals surface area contributed by atoms with E-state index < -0.39 is 0 Å². The molecular formula is C11H10FN3. The zero-order valence-corrected chi connectivity index (χ0v) is 8.10. The lowest BCUT2D eigenvalue weighted by atomic mass is 10.2. The van der Waals surface area contributed by atoms with Crippen LogP contribution in [0.4, 0.5) is 4.39 Å². The summed E-state index contributed by atoms with van der Waals surface area (Å²) in [6, 6.07) is 7.13. The Morgan fingerprint density at radius 1 is 1.27 bits per heavy atom. The quantitative estimate of drug-likeness (QED) is 0.750. The third-order valence-corrected chi connectivity index (χ3v) is 2.63. The normalized spacial score (nSPS) is 15.5. The molecule has 76 valence electrons. The van der Waals surface area contributed by atoms with Gasteiger partial charge in [0.05, 0.1) is 5.56 Å². The first-order valence-electron chi connectivity index (χ1n) is 5.00. The lowest BCUT2D eigenvalue weighted by Gasteiger charge is -2.04. The van der Waals surface area contributed by atoms with Crippen molar-refractivity contribution in [2.75, 3.05) is 0 Å². The fourth-order valence-electron chi connectivity index (χ4n) is 1.70. The van der Waals surface area contributed by atoms with E-state index in [0.29, 0.717) is 17.4 Å². The van der Waals surface area contributed by atoms with Crippen LogP contribution in [-0.4, -0.2) is 14.8 Å². The van der Waals surface area contributed by atoms with Crippen LogP contribution in [0.15, 0.2) is 30.6 Å². The summed E-state index contributed by atoms with van der Waals surface area (Å²) in [5.41, 5.74) is 0.530. The van der Waals surface area contributed by atoms with Crippen molar-refractivity contribution in [1.29, 1.82) is 0 Å². The van der Waals surface area contributed by atoms with Gasteiger partial charge >= 0.3 is 0 Å². The molecule has 1 fully saturated rings. The molecule has 2 aromatic rings. The van der Waals surface area contributed by atoms with Gasteiger partial charge in [-0.3, -0.25) is 0 Å². The van der Waals surface area contributed by atoms with E-state index in [1.165, 1.54) is 6.07 Å². The van der Waals surface area contributed by atoms with Crippen molar-refractivity contribution in [2.45, 2.75) is 18.9 Å². The average Bonchev–Trinajstić information content (AvgIpc) is 2.98. The number of hydrogen-bond acceptors (Lipinski definition) is 2. The van der Waals surface area contributed by atoms with Crippen LogP contribution in [0.2, 0.25) is 0 Å². The standard InChI is InChI=1S/C11H10FN3/c12-10-4-2-1-3-9(10)11-14-13-7-15(11)8-5-6-8/h1-4,7-8H,5-6H2. The number of aromatic nitrogens is 3. The summed E-state index contributed by atoms with van der Waals surface area (Å²) < 4.78 is 15.5. The highest BCUT2D eigenvalue weighted by atomic mass is 19.1. The van der Waals surface area contributed by atoms with E-state index in [0.717, 1.165) is 12.8 Å². The van der Waals surface area contributed by atoms with Gasteiger partial charge in [-0.25, -0.2) is 4.39 Å². The van der Waals surface area contributed by atoms with Crippen molar-refractivity contribution < 1.29 is 4.39 Å². The zero-order chi connectivity index (χ0) is 10.3. The zero-order valence-electron chi connectivity index (χ0n) is 8.10. The molecule has 0 radical (unpaired) electrons. The molecule has 0 aliphatic heterocycles. The number of benzene rings is 1. The van der Waals surface area contributed by atoms with E-state index in [2.05, 4.69) is 10.2 Å². The molecule has 0 N–H and O–H groups in total. The lowest BCUT2D eigenvalue weighted by molar-refractivity contribution is 0.626. The molecule has 0 atom stereocenters. The van der Waals surface area contributed by atoms with E-state index in [1.54, 1.807) is 18.5 Å². The second-order valence-electron chi connectivity index (χ2n) is 3.77. The van der Waals surface area contributed by atoms with Gasteiger partial charge in [0.15, 0.2) is 5.82 Å². The highest BCUT2D eigenvalue weighted by molar-refractivity contribution is 5.55. The minimum Gasteiger partial charge on any atom is -0.310 e. The average molecular weight is 203 g/mol. The fraction of sp³-hybridized carbons (Fsp3) is 0.273. The summed E-state index contributed by atoms with van der Waals surface area (Å²) in [6.45, 7) is 0. The molecular weight excluding hydrogens is 193 g/mol. The van der Waals surface area contributed by atoms with E-state index >= 15 is 0 Å². The van der Waals surface area contributed by atoms with Gasteiger partial charge in [0.1, 0.15) is 12.1 Å². The van der Waals surface area contributed by atoms with Crippen LogP contribution < -0.4 is 0 Å². The van der Waals surface area contributed by atoms with Gasteiger partial charge in [0, 0.05) is 6.04 Å². The molecule has 1 aliphatic rings. The lowest BCUT2D eigenvalue weighted by Crippen LogP contribution is -1.97. The van der Waals surface area contributed by atoms with Gasteiger partial charge in [0.25, 0.3) is 0 Å². The Bertz CT molecular complexity index is 488. The molecule has 1 heterocycles. The summed E-state index contributed by atoms with van der Waals surface area (Å²) >= 11 is 0. The Kier molecular flexibility index (Phi) is 1.80. The van der Waals surface area contributed by atoms with E-state index in [1.807, 2.05) is 10.6 Å². The molecule has 1 saturated carbocycles. The maximum Gasteiger partial charge on any atom is 0.166 e. The van der Waals surface area contributed by atoms with Gasteiger partial charge in [-0.15, -0.1) is 10.2 Å². The van der Waals surface area contributed by atoms with Gasteiger partial charge in [0.2, 0.25) is 0 Å². The Labute approximate surface area is 86.6 Å². The first-order chi connectivity index (χ1) is 7.36. The Morgan fingerprint density at radius 3 is 2.80 bits per heavy atom. The summed E-state index contributed by atoms with van der Waals surface area (Å²) in [7, 11) is 0. The fourth-order valence-corrected chi connectivity index (χ4v) is 1.70. The Morgan fingerprint density at radius 2 is 2.07 bits per heavy atom. The van der Waals surface area contributed by atoms with Crippen molar-refractivity contribution in [2.24, 2.45) is 0 Å². The summed E-state index contributed by atoms with van der Waals surface area (Å²) in [4.78, 5) is 0. The molecule has 0 spiro atoms. The molecule has 15 heavy (non-hydrogen) atoms. The largest absolute Gasteiger partial charge is 0.310 e. The van der Waals surface area contributed by atoms with Crippen molar-refractivity contribution >= 4 is 0 Å². The smallest absolute Gasteiger partial charge is 0.166 e. The molecule has 3 nitrogen and oxygen atoms in total. The molecule has 0 saturated heterocycles. The number of rotatable bonds is 2. The van der Waals surface area contributed by atoms with Crippen LogP contribution in [0.5, 0.6) is 0 Å². The Hall–Kier alpha value is -1.71. The second-order valence-corrected chi connectivity index (χ2v) is 3.77. The Balaban J connectivity index is 2.12. The first-order valence-corrected chi connectivity index (χ1v) is 5.00. The molecule has 1 aromatic carbocycles. The number of hydrogen-bond donors (Lipinski definition) is 0. The maximum absolute atomic E-state index is 13.5. The minimum atomic E-state index is -0.243. The molecule has 4 heteroatoms. The van der Waals surface area contributed by atoms with Crippen LogP contribution in [-0.2, 0) is 0 Å². The summed E-state index contributed by atoms with van der Waals surface area (Å²) in [5, 5.41) is 7.83. The highest BCUT2D eigenvalue weighted by Gasteiger charge is 2.27. The summed E-state index contributed by atoms with van der Waals surface area (Å²) in [6.07, 6.45) is 3.96. The maximum atomic E-state index is 13.5. The van der Waals surface area contributed by atoms with Crippen LogP contribution in [0.1, 0.15) is 18.9 Å². The van der Waals surface area contributed by atoms with Crippen molar-refractivity contribution in [1.82, 2.24) is 14.8 Å². The predicted octanol–water partition coefficient (Wildman–Crippen LogP) is 2.42. The van der Waals surface area contributed by atoms with Crippen LogP contribution >= 0.6 is 0 Å². The predicted molar refractivity (Wildman–Crippen MR) is 53.7 cm³/mol. The van der Waals surface area contributed by atoms with Gasteiger partial charge in [-0.2, -0.15) is 0 Å². The van der Waals surface area contributed by atoms with E-state index in [9.17, 15) is 4.39 Å². The topological polar surface area (TPSA) is 30.7 Å². The molecule has 0 amide bonds. The molecule has 3 rings (SSSR count). The summed E-state index contributed by atoms with van der Waals surface area (Å²) in [5.74, 6) is 0.392. The van der Waals surface area contributed by atoms with Gasteiger partial charge in [-0.05, 0) is 25.0 Å². The third kappa shape index (κ3) is 1.42. The molecule has 1 aromatic heterocycles. The molecule has 0 unspecified atom stereocenters. The SMILES string of the molecule is Fc1ccccc1-c1nncn1C1CC1. The van der Waals surface area contributed by atoms with Crippen molar-refractivity contribution in [3.8, 4) is 11.4 Å². The van der Waals surface area contributed by atoms with Crippen LogP contribution in [0.25, 0.3) is 11.4 Å². The van der Waals surface area contributed by atoms with Gasteiger partial charge < -0.3 is 4.57 Å². The van der Waals surface area contributed by atoms with Crippen LogP contribution in [0, 0.1) is 5.82 Å². The van der Waals surface area contributed by atoms with E-state index in [-0.39, 0.29) is 5.82 Å². The third-order valence-electron chi connectivity index (χ3n) is 2.63. The number of halogens is 1. The van der Waals surface area contributed by atoms with Crippen molar-refractivity contribution in [3.63, 3.8) is 0 Å². The molecule has 1 aliphatic carbocycles. The highest BCUT2D eigenvalue weighted by Crippen LogP contribution is 2.37.